The summed E-state index contributed by atoms with van der Waals surface area (Å²) in [6.45, 7) is 2.19. The molecule has 1 radical (unpaired) electrons. The average Bonchev–Trinajstić information content (AvgIpc) is 2.27. The van der Waals surface area contributed by atoms with E-state index in [1.165, 1.54) is 29.7 Å². The molecule has 0 aliphatic heterocycles. The molecule has 1 aromatic heterocycles. The van der Waals surface area contributed by atoms with Crippen LogP contribution in [0.15, 0.2) is 6.07 Å². The minimum atomic E-state index is 1.28. The van der Waals surface area contributed by atoms with Gasteiger partial charge in [-0.25, -0.2) is 0 Å². The third-order valence-corrected chi connectivity index (χ3v) is 3.06. The Balaban J connectivity index is 2.41. The Morgan fingerprint density at radius 3 is 3.20 bits per heavy atom. The Morgan fingerprint density at radius 2 is 2.40 bits per heavy atom. The predicted molar refractivity (Wildman–Crippen MR) is 45.4 cm³/mol. The van der Waals surface area contributed by atoms with Crippen LogP contribution in [0.25, 0.3) is 0 Å². The molecule has 0 nitrogen and oxygen atoms in total. The molecule has 0 fully saturated rings. The summed E-state index contributed by atoms with van der Waals surface area (Å²) in [7, 11) is 0. The quantitative estimate of drug-likeness (QED) is 0.535. The number of aryl methyl sites for hydroxylation is 2. The largest absolute Gasteiger partial charge is 0.145 e. The van der Waals surface area contributed by atoms with Crippen molar-refractivity contribution in [3.63, 3.8) is 0 Å². The van der Waals surface area contributed by atoms with Crippen molar-refractivity contribution in [3.05, 3.63) is 27.8 Å². The van der Waals surface area contributed by atoms with E-state index in [-0.39, 0.29) is 0 Å². The fraction of sp³-hybridized carbons (Fsp3) is 0.444. The molecule has 0 spiro atoms. The second-order valence-electron chi connectivity index (χ2n) is 2.83. The van der Waals surface area contributed by atoms with Crippen LogP contribution in [-0.4, -0.2) is 0 Å². The van der Waals surface area contributed by atoms with Gasteiger partial charge in [-0.15, -0.1) is 11.3 Å². The number of hydrogen-bond acceptors (Lipinski definition) is 1. The molecule has 2 rings (SSSR count). The van der Waals surface area contributed by atoms with Crippen LogP contribution in [0.5, 0.6) is 0 Å². The number of fused-ring (bicyclic) bond motifs is 1. The van der Waals surface area contributed by atoms with Gasteiger partial charge < -0.3 is 0 Å². The zero-order valence-corrected chi connectivity index (χ0v) is 7.00. The van der Waals surface area contributed by atoms with Crippen LogP contribution >= 0.6 is 11.3 Å². The molecule has 0 amide bonds. The predicted octanol–water partition coefficient (Wildman–Crippen LogP) is 2.95. The summed E-state index contributed by atoms with van der Waals surface area (Å²) in [6, 6.07) is 2.30. The van der Waals surface area contributed by atoms with Gasteiger partial charge >= 0.3 is 0 Å². The monoisotopic (exact) mass is 151 g/mol. The zero-order chi connectivity index (χ0) is 6.97. The van der Waals surface area contributed by atoms with Gasteiger partial charge in [0, 0.05) is 9.75 Å². The van der Waals surface area contributed by atoms with E-state index < -0.39 is 0 Å². The van der Waals surface area contributed by atoms with Gasteiger partial charge in [-0.05, 0) is 44.2 Å². The van der Waals surface area contributed by atoms with Crippen molar-refractivity contribution in [2.75, 3.05) is 0 Å². The molecule has 0 bridgehead atoms. The molecule has 0 unspecified atom stereocenters. The van der Waals surface area contributed by atoms with Crippen LogP contribution in [0.3, 0.4) is 0 Å². The maximum Gasteiger partial charge on any atom is 0.00831 e. The van der Waals surface area contributed by atoms with Crippen molar-refractivity contribution in [3.8, 4) is 0 Å². The fourth-order valence-electron chi connectivity index (χ4n) is 1.47. The molecule has 0 saturated heterocycles. The van der Waals surface area contributed by atoms with Gasteiger partial charge in [-0.3, -0.25) is 0 Å². The van der Waals surface area contributed by atoms with Crippen LogP contribution in [0.4, 0.5) is 0 Å². The van der Waals surface area contributed by atoms with Crippen molar-refractivity contribution >= 4 is 11.3 Å². The Morgan fingerprint density at radius 1 is 1.50 bits per heavy atom. The third-order valence-electron chi connectivity index (χ3n) is 1.94. The highest BCUT2D eigenvalue weighted by molar-refractivity contribution is 7.12. The molecule has 10 heavy (non-hydrogen) atoms. The van der Waals surface area contributed by atoms with Crippen LogP contribution < -0.4 is 0 Å². The maximum absolute atomic E-state index is 2.36. The lowest BCUT2D eigenvalue weighted by Crippen LogP contribution is -1.94. The highest BCUT2D eigenvalue weighted by atomic mass is 32.1. The molecule has 0 saturated carbocycles. The minimum Gasteiger partial charge on any atom is -0.145 e. The second-order valence-corrected chi connectivity index (χ2v) is 4.17. The summed E-state index contributed by atoms with van der Waals surface area (Å²) in [5, 5.41) is 0. The Hall–Kier alpha value is -0.300. The van der Waals surface area contributed by atoms with E-state index in [1.807, 2.05) is 11.3 Å². The van der Waals surface area contributed by atoms with Gasteiger partial charge in [0.05, 0.1) is 0 Å². The van der Waals surface area contributed by atoms with E-state index in [2.05, 4.69) is 19.4 Å². The average molecular weight is 151 g/mol. The van der Waals surface area contributed by atoms with E-state index in [4.69, 9.17) is 0 Å². The first-order chi connectivity index (χ1) is 4.86. The van der Waals surface area contributed by atoms with Crippen LogP contribution in [0.2, 0.25) is 0 Å². The first-order valence-electron chi connectivity index (χ1n) is 3.79. The minimum absolute atomic E-state index is 1.28. The molecule has 1 heteroatoms. The summed E-state index contributed by atoms with van der Waals surface area (Å²) in [5.74, 6) is 0. The van der Waals surface area contributed by atoms with Crippen molar-refractivity contribution in [2.45, 2.75) is 26.2 Å². The molecule has 1 aromatic rings. The maximum atomic E-state index is 2.36. The van der Waals surface area contributed by atoms with Gasteiger partial charge in [0.25, 0.3) is 0 Å². The SMILES string of the molecule is Cc1cc2c(s1)CCC[CH]2. The van der Waals surface area contributed by atoms with Gasteiger partial charge in [0.1, 0.15) is 0 Å². The van der Waals surface area contributed by atoms with Crippen LogP contribution in [0.1, 0.15) is 28.2 Å². The van der Waals surface area contributed by atoms with E-state index in [0.29, 0.717) is 0 Å². The molecule has 1 heterocycles. The molecule has 53 valence electrons. The molecule has 0 N–H and O–H groups in total. The zero-order valence-electron chi connectivity index (χ0n) is 6.18. The highest BCUT2D eigenvalue weighted by Gasteiger charge is 2.10. The standard InChI is InChI=1S/C9H11S/c1-7-6-8-4-2-3-5-9(8)10-7/h4,6H,2-3,5H2,1H3. The van der Waals surface area contributed by atoms with Crippen molar-refractivity contribution in [1.82, 2.24) is 0 Å². The first-order valence-corrected chi connectivity index (χ1v) is 4.60. The van der Waals surface area contributed by atoms with Crippen molar-refractivity contribution in [1.29, 1.82) is 0 Å². The molecule has 0 atom stereocenters. The van der Waals surface area contributed by atoms with Crippen LogP contribution in [0, 0.1) is 13.3 Å². The van der Waals surface area contributed by atoms with Gasteiger partial charge in [0.15, 0.2) is 0 Å². The summed E-state index contributed by atoms with van der Waals surface area (Å²) in [6.07, 6.45) is 6.31. The molecular weight excluding hydrogens is 140 g/mol. The highest BCUT2D eigenvalue weighted by Crippen LogP contribution is 2.29. The fourth-order valence-corrected chi connectivity index (χ4v) is 2.55. The van der Waals surface area contributed by atoms with Crippen molar-refractivity contribution < 1.29 is 0 Å². The van der Waals surface area contributed by atoms with Crippen molar-refractivity contribution in [2.24, 2.45) is 0 Å². The second kappa shape index (κ2) is 2.39. The van der Waals surface area contributed by atoms with E-state index >= 15 is 0 Å². The molecule has 1 aliphatic carbocycles. The first kappa shape index (κ1) is 6.41. The smallest absolute Gasteiger partial charge is 0.00831 e. The van der Waals surface area contributed by atoms with Crippen LogP contribution in [-0.2, 0) is 6.42 Å². The summed E-state index contributed by atoms with van der Waals surface area (Å²) in [5.41, 5.74) is 1.51. The number of rotatable bonds is 0. The topological polar surface area (TPSA) is 0 Å². The number of thiophene rings is 1. The molecular formula is C9H11S. The summed E-state index contributed by atoms with van der Waals surface area (Å²) in [4.78, 5) is 3.06. The molecule has 1 aliphatic rings. The lowest BCUT2D eigenvalue weighted by Gasteiger charge is -2.08. The van der Waals surface area contributed by atoms with Gasteiger partial charge in [-0.2, -0.15) is 0 Å². The Labute approximate surface area is 65.9 Å². The lowest BCUT2D eigenvalue weighted by molar-refractivity contribution is 0.789. The van der Waals surface area contributed by atoms with Gasteiger partial charge in [-0.1, -0.05) is 0 Å². The van der Waals surface area contributed by atoms with E-state index in [9.17, 15) is 0 Å². The molecule has 0 aromatic carbocycles. The number of hydrogen-bond donors (Lipinski definition) is 0. The van der Waals surface area contributed by atoms with E-state index in [1.54, 1.807) is 4.88 Å². The Kier molecular flexibility index (Phi) is 1.53. The lowest BCUT2D eigenvalue weighted by atomic mass is 9.99. The van der Waals surface area contributed by atoms with Gasteiger partial charge in [0.2, 0.25) is 0 Å². The summed E-state index contributed by atoms with van der Waals surface area (Å²) < 4.78 is 0. The third kappa shape index (κ3) is 0.988. The Bertz CT molecular complexity index is 211. The van der Waals surface area contributed by atoms with E-state index in [0.717, 1.165) is 0 Å². The summed E-state index contributed by atoms with van der Waals surface area (Å²) >= 11 is 1.96. The normalized spacial score (nSPS) is 16.9.